The molecule has 1 aromatic rings. The molecule has 0 saturated carbocycles. The highest BCUT2D eigenvalue weighted by molar-refractivity contribution is 8.26. The molecule has 0 N–H and O–H groups in total. The minimum absolute atomic E-state index is 0.0498. The lowest BCUT2D eigenvalue weighted by Crippen LogP contribution is -2.29. The second-order valence-corrected chi connectivity index (χ2v) is 8.17. The van der Waals surface area contributed by atoms with Gasteiger partial charge in [0.25, 0.3) is 5.91 Å². The van der Waals surface area contributed by atoms with Crippen molar-refractivity contribution in [3.63, 3.8) is 0 Å². The first-order valence-corrected chi connectivity index (χ1v) is 10.8. The number of unbranched alkanes of at least 4 members (excludes halogenated alkanes) is 3. The summed E-state index contributed by atoms with van der Waals surface area (Å²) in [5.41, 5.74) is 0.946. The molecule has 0 atom stereocenters. The van der Waals surface area contributed by atoms with Gasteiger partial charge in [-0.05, 0) is 43.0 Å². The summed E-state index contributed by atoms with van der Waals surface area (Å²) < 4.78 is 10.9. The Morgan fingerprint density at radius 1 is 1.18 bits per heavy atom. The topological polar surface area (TPSA) is 55.8 Å². The molecule has 1 fully saturated rings. The van der Waals surface area contributed by atoms with Crippen LogP contribution in [0.1, 0.15) is 51.0 Å². The molecule has 1 aliphatic heterocycles. The Balaban J connectivity index is 1.85. The molecule has 5 nitrogen and oxygen atoms in total. The van der Waals surface area contributed by atoms with Crippen LogP contribution in [0, 0.1) is 0 Å². The highest BCUT2D eigenvalue weighted by Crippen LogP contribution is 2.33. The van der Waals surface area contributed by atoms with E-state index >= 15 is 0 Å². The van der Waals surface area contributed by atoms with Crippen molar-refractivity contribution >= 4 is 46.3 Å². The van der Waals surface area contributed by atoms with Gasteiger partial charge >= 0.3 is 5.97 Å². The van der Waals surface area contributed by atoms with Crippen molar-refractivity contribution in [2.75, 3.05) is 20.3 Å². The number of benzene rings is 1. The van der Waals surface area contributed by atoms with Gasteiger partial charge in [-0.2, -0.15) is 0 Å². The van der Waals surface area contributed by atoms with Crippen LogP contribution < -0.4 is 4.74 Å². The molecule has 1 heterocycles. The fourth-order valence-corrected chi connectivity index (χ4v) is 3.97. The fraction of sp³-hybridized carbons (Fsp3) is 0.476. The van der Waals surface area contributed by atoms with E-state index in [4.69, 9.17) is 17.0 Å². The number of amides is 1. The van der Waals surface area contributed by atoms with Gasteiger partial charge in [0.2, 0.25) is 0 Å². The van der Waals surface area contributed by atoms with E-state index in [1.165, 1.54) is 18.9 Å². The van der Waals surface area contributed by atoms with Crippen molar-refractivity contribution in [2.24, 2.45) is 0 Å². The number of ether oxygens (including phenoxy) is 2. The lowest BCUT2D eigenvalue weighted by molar-refractivity contribution is -0.140. The van der Waals surface area contributed by atoms with E-state index in [0.717, 1.165) is 43.4 Å². The number of thioether (sulfide) groups is 1. The van der Waals surface area contributed by atoms with Crippen molar-refractivity contribution < 1.29 is 19.1 Å². The van der Waals surface area contributed by atoms with Gasteiger partial charge in [-0.3, -0.25) is 14.5 Å². The Labute approximate surface area is 176 Å². The highest BCUT2D eigenvalue weighted by Gasteiger charge is 2.31. The first-order chi connectivity index (χ1) is 13.5. The predicted octanol–water partition coefficient (Wildman–Crippen LogP) is 4.80. The van der Waals surface area contributed by atoms with Crippen molar-refractivity contribution in [1.82, 2.24) is 4.90 Å². The monoisotopic (exact) mass is 421 g/mol. The molecule has 0 bridgehead atoms. The van der Waals surface area contributed by atoms with E-state index < -0.39 is 0 Å². The number of thiocarbonyl (C=S) groups is 1. The van der Waals surface area contributed by atoms with Crippen LogP contribution in [-0.2, 0) is 14.3 Å². The van der Waals surface area contributed by atoms with Gasteiger partial charge in [0.15, 0.2) is 0 Å². The minimum Gasteiger partial charge on any atom is -0.494 e. The zero-order valence-electron chi connectivity index (χ0n) is 16.4. The van der Waals surface area contributed by atoms with Crippen molar-refractivity contribution in [3.8, 4) is 5.75 Å². The quantitative estimate of drug-likeness (QED) is 0.221. The smallest absolute Gasteiger partial charge is 0.305 e. The molecular formula is C21H27NO4S2. The van der Waals surface area contributed by atoms with Gasteiger partial charge in [-0.1, -0.05) is 55.9 Å². The molecule has 7 heteroatoms. The summed E-state index contributed by atoms with van der Waals surface area (Å²) in [6.45, 7) is 3.42. The fourth-order valence-electron chi connectivity index (χ4n) is 2.66. The standard InChI is InChI=1S/C21H27NO4S2/c1-3-4-14-26-17-11-9-16(10-12-17)15-18-20(24)22(21(27)28-18)13-7-5-6-8-19(23)25-2/h9-12,15H,3-8,13-14H2,1-2H3/b18-15-. The van der Waals surface area contributed by atoms with Gasteiger partial charge < -0.3 is 9.47 Å². The number of rotatable bonds is 11. The van der Waals surface area contributed by atoms with Gasteiger partial charge in [0.05, 0.1) is 18.6 Å². The molecule has 1 aliphatic rings. The lowest BCUT2D eigenvalue weighted by Gasteiger charge is -2.13. The van der Waals surface area contributed by atoms with Gasteiger partial charge in [0.1, 0.15) is 10.1 Å². The third-order valence-electron chi connectivity index (χ3n) is 4.31. The normalized spacial score (nSPS) is 15.4. The van der Waals surface area contributed by atoms with Crippen LogP contribution in [0.5, 0.6) is 5.75 Å². The highest BCUT2D eigenvalue weighted by atomic mass is 32.2. The number of carbonyl (C=O) groups excluding carboxylic acids is 2. The van der Waals surface area contributed by atoms with Crippen LogP contribution in [0.2, 0.25) is 0 Å². The molecule has 2 rings (SSSR count). The van der Waals surface area contributed by atoms with E-state index in [9.17, 15) is 9.59 Å². The number of hydrogen-bond donors (Lipinski definition) is 0. The molecule has 1 amide bonds. The summed E-state index contributed by atoms with van der Waals surface area (Å²) in [5.74, 6) is 0.590. The number of methoxy groups -OCH3 is 1. The molecular weight excluding hydrogens is 394 g/mol. The molecule has 1 aromatic carbocycles. The van der Waals surface area contributed by atoms with Crippen LogP contribution in [0.15, 0.2) is 29.2 Å². The van der Waals surface area contributed by atoms with E-state index in [0.29, 0.717) is 28.8 Å². The van der Waals surface area contributed by atoms with Gasteiger partial charge in [0, 0.05) is 13.0 Å². The zero-order chi connectivity index (χ0) is 20.4. The lowest BCUT2D eigenvalue weighted by atomic mass is 10.2. The molecule has 28 heavy (non-hydrogen) atoms. The Hall–Kier alpha value is -1.86. The maximum Gasteiger partial charge on any atom is 0.305 e. The third kappa shape index (κ3) is 6.95. The number of nitrogens with zero attached hydrogens (tertiary/aromatic N) is 1. The summed E-state index contributed by atoms with van der Waals surface area (Å²) in [6, 6.07) is 7.73. The van der Waals surface area contributed by atoms with Crippen LogP contribution in [0.4, 0.5) is 0 Å². The van der Waals surface area contributed by atoms with Gasteiger partial charge in [-0.15, -0.1) is 0 Å². The SMILES string of the molecule is CCCCOc1ccc(/C=C2\SC(=S)N(CCCCCC(=O)OC)C2=O)cc1. The Kier molecular flexibility index (Phi) is 9.50. The molecule has 0 radical (unpaired) electrons. The maximum absolute atomic E-state index is 12.6. The number of esters is 1. The molecule has 1 saturated heterocycles. The van der Waals surface area contributed by atoms with E-state index in [-0.39, 0.29) is 11.9 Å². The molecule has 152 valence electrons. The average Bonchev–Trinajstić information content (AvgIpc) is 2.96. The number of carbonyl (C=O) groups is 2. The molecule has 0 aliphatic carbocycles. The Morgan fingerprint density at radius 2 is 1.93 bits per heavy atom. The van der Waals surface area contributed by atoms with Crippen LogP contribution >= 0.6 is 24.0 Å². The largest absolute Gasteiger partial charge is 0.494 e. The van der Waals surface area contributed by atoms with Crippen molar-refractivity contribution in [2.45, 2.75) is 45.4 Å². The predicted molar refractivity (Wildman–Crippen MR) is 117 cm³/mol. The summed E-state index contributed by atoms with van der Waals surface area (Å²) in [6.07, 6.45) is 6.83. The zero-order valence-corrected chi connectivity index (χ0v) is 18.1. The van der Waals surface area contributed by atoms with E-state index in [1.54, 1.807) is 4.90 Å². The second-order valence-electron chi connectivity index (χ2n) is 6.49. The second kappa shape index (κ2) is 11.9. The summed E-state index contributed by atoms with van der Waals surface area (Å²) in [4.78, 5) is 26.0. The van der Waals surface area contributed by atoms with Crippen LogP contribution in [0.25, 0.3) is 6.08 Å². The first kappa shape index (κ1) is 22.4. The first-order valence-electron chi connectivity index (χ1n) is 9.60. The Morgan fingerprint density at radius 3 is 2.61 bits per heavy atom. The van der Waals surface area contributed by atoms with E-state index in [2.05, 4.69) is 11.7 Å². The third-order valence-corrected chi connectivity index (χ3v) is 5.69. The van der Waals surface area contributed by atoms with Crippen LogP contribution in [-0.4, -0.2) is 41.4 Å². The maximum atomic E-state index is 12.6. The van der Waals surface area contributed by atoms with Crippen LogP contribution in [0.3, 0.4) is 0 Å². The summed E-state index contributed by atoms with van der Waals surface area (Å²) >= 11 is 6.70. The van der Waals surface area contributed by atoms with Crippen molar-refractivity contribution in [1.29, 1.82) is 0 Å². The van der Waals surface area contributed by atoms with E-state index in [1.807, 2.05) is 30.3 Å². The summed E-state index contributed by atoms with van der Waals surface area (Å²) in [5, 5.41) is 0. The Bertz CT molecular complexity index is 716. The average molecular weight is 422 g/mol. The molecule has 0 unspecified atom stereocenters. The number of hydrogen-bond acceptors (Lipinski definition) is 6. The minimum atomic E-state index is -0.199. The van der Waals surface area contributed by atoms with Crippen molar-refractivity contribution in [3.05, 3.63) is 34.7 Å². The van der Waals surface area contributed by atoms with Gasteiger partial charge in [-0.25, -0.2) is 0 Å². The molecule has 0 spiro atoms. The molecule has 0 aromatic heterocycles. The summed E-state index contributed by atoms with van der Waals surface area (Å²) in [7, 11) is 1.39.